The molecule has 0 spiro atoms. The van der Waals surface area contributed by atoms with E-state index in [-0.39, 0.29) is 11.8 Å². The lowest BCUT2D eigenvalue weighted by atomic mass is 10.00. The van der Waals surface area contributed by atoms with Crippen molar-refractivity contribution < 1.29 is 37.5 Å². The highest BCUT2D eigenvalue weighted by Gasteiger charge is 2.36. The molecule has 2 amide bonds. The van der Waals surface area contributed by atoms with Gasteiger partial charge in [-0.15, -0.1) is 0 Å². The maximum atomic E-state index is 12.6. The molecule has 1 unspecified atom stereocenters. The molecule has 1 aliphatic heterocycles. The molecule has 0 aromatic heterocycles. The Morgan fingerprint density at radius 2 is 1.76 bits per heavy atom. The molecule has 10 heteroatoms. The van der Waals surface area contributed by atoms with Crippen LogP contribution >= 0.6 is 0 Å². The van der Waals surface area contributed by atoms with Gasteiger partial charge in [0.1, 0.15) is 5.57 Å². The van der Waals surface area contributed by atoms with Crippen molar-refractivity contribution in [2.24, 2.45) is 0 Å². The van der Waals surface area contributed by atoms with Crippen molar-refractivity contribution in [1.82, 2.24) is 0 Å². The van der Waals surface area contributed by atoms with Gasteiger partial charge in [0, 0.05) is 38.0 Å². The number of alkyl halides is 3. The number of ketones is 1. The molecular weight excluding hydrogens is 501 g/mol. The Hall–Kier alpha value is -3.95. The number of carboxylic acids is 1. The van der Waals surface area contributed by atoms with Gasteiger partial charge in [-0.3, -0.25) is 19.3 Å². The molecule has 0 bridgehead atoms. The molecule has 7 nitrogen and oxygen atoms in total. The maximum absolute atomic E-state index is 12.6. The molecule has 1 heterocycles. The number of amides is 2. The summed E-state index contributed by atoms with van der Waals surface area (Å²) in [5, 5.41) is 9.11. The Bertz CT molecular complexity index is 1300. The monoisotopic (exact) mass is 530 g/mol. The highest BCUT2D eigenvalue weighted by molar-refractivity contribution is 6.16. The summed E-state index contributed by atoms with van der Waals surface area (Å²) >= 11 is 0. The second kappa shape index (κ2) is 11.2. The second-order valence-electron chi connectivity index (χ2n) is 9.37. The third-order valence-corrected chi connectivity index (χ3v) is 6.77. The quantitative estimate of drug-likeness (QED) is 0.331. The maximum Gasteiger partial charge on any atom is 0.416 e. The summed E-state index contributed by atoms with van der Waals surface area (Å²) in [6.45, 7) is 4.39. The van der Waals surface area contributed by atoms with Crippen molar-refractivity contribution in [3.63, 3.8) is 0 Å². The van der Waals surface area contributed by atoms with E-state index in [1.54, 1.807) is 30.1 Å². The fourth-order valence-electron chi connectivity index (χ4n) is 4.69. The number of aliphatic carboxylic acids is 1. The minimum absolute atomic E-state index is 0.0170. The Morgan fingerprint density at radius 3 is 2.34 bits per heavy atom. The van der Waals surface area contributed by atoms with E-state index in [4.69, 9.17) is 5.11 Å². The molecule has 202 valence electrons. The molecule has 38 heavy (non-hydrogen) atoms. The minimum Gasteiger partial charge on any atom is -0.478 e. The van der Waals surface area contributed by atoms with Crippen molar-refractivity contribution in [2.75, 3.05) is 16.8 Å². The average Bonchev–Trinajstić information content (AvgIpc) is 3.21. The highest BCUT2D eigenvalue weighted by Crippen LogP contribution is 2.41. The van der Waals surface area contributed by atoms with E-state index in [0.717, 1.165) is 41.3 Å². The van der Waals surface area contributed by atoms with E-state index in [0.29, 0.717) is 30.5 Å². The van der Waals surface area contributed by atoms with E-state index in [1.807, 2.05) is 13.0 Å². The predicted octanol–water partition coefficient (Wildman–Crippen LogP) is 5.26. The van der Waals surface area contributed by atoms with Gasteiger partial charge in [0.2, 0.25) is 11.8 Å². The van der Waals surface area contributed by atoms with Crippen LogP contribution in [0.2, 0.25) is 0 Å². The van der Waals surface area contributed by atoms with Crippen LogP contribution in [0, 0.1) is 0 Å². The first-order valence-electron chi connectivity index (χ1n) is 12.1. The average molecular weight is 531 g/mol. The summed E-state index contributed by atoms with van der Waals surface area (Å²) in [5.74, 6) is -2.17. The molecule has 2 aromatic rings. The van der Waals surface area contributed by atoms with Gasteiger partial charge >= 0.3 is 12.1 Å². The molecule has 0 fully saturated rings. The van der Waals surface area contributed by atoms with E-state index in [9.17, 15) is 32.3 Å². The summed E-state index contributed by atoms with van der Waals surface area (Å²) in [7, 11) is 1.68. The number of carbonyl (C=O) groups excluding carboxylic acids is 3. The number of carboxylic acid groups (broad SMARTS) is 1. The van der Waals surface area contributed by atoms with Crippen molar-refractivity contribution in [1.29, 1.82) is 0 Å². The van der Waals surface area contributed by atoms with Crippen LogP contribution in [0.25, 0.3) is 0 Å². The zero-order valence-corrected chi connectivity index (χ0v) is 21.6. The fourth-order valence-corrected chi connectivity index (χ4v) is 4.69. The normalized spacial score (nSPS) is 16.7. The van der Waals surface area contributed by atoms with Crippen LogP contribution in [0.5, 0.6) is 0 Å². The topological polar surface area (TPSA) is 95.0 Å². The number of rotatable bonds is 4. The third-order valence-electron chi connectivity index (χ3n) is 6.77. The molecule has 0 saturated carbocycles. The first-order valence-corrected chi connectivity index (χ1v) is 12.1. The predicted molar refractivity (Wildman–Crippen MR) is 136 cm³/mol. The number of halogens is 3. The van der Waals surface area contributed by atoms with Gasteiger partial charge in [-0.05, 0) is 73.1 Å². The highest BCUT2D eigenvalue weighted by atomic mass is 19.4. The number of hydrogen-bond acceptors (Lipinski definition) is 4. The lowest BCUT2D eigenvalue weighted by Gasteiger charge is -2.27. The van der Waals surface area contributed by atoms with Crippen LogP contribution in [0.3, 0.4) is 0 Å². The Morgan fingerprint density at radius 1 is 1.08 bits per heavy atom. The molecular formula is C28H29F3N2O5. The summed E-state index contributed by atoms with van der Waals surface area (Å²) < 4.78 is 37.7. The number of anilines is 2. The van der Waals surface area contributed by atoms with Gasteiger partial charge in [0.05, 0.1) is 5.56 Å². The Kier molecular flexibility index (Phi) is 8.44. The molecule has 0 saturated heterocycles. The molecule has 1 N–H and O–H groups in total. The molecule has 2 aliphatic rings. The lowest BCUT2D eigenvalue weighted by Crippen LogP contribution is -2.31. The van der Waals surface area contributed by atoms with Crippen molar-refractivity contribution in [2.45, 2.75) is 58.5 Å². The van der Waals surface area contributed by atoms with E-state index >= 15 is 0 Å². The molecule has 0 radical (unpaired) electrons. The number of aryl methyl sites for hydroxylation is 1. The van der Waals surface area contributed by atoms with Crippen LogP contribution < -0.4 is 9.80 Å². The van der Waals surface area contributed by atoms with Crippen LogP contribution in [-0.2, 0) is 38.2 Å². The SMILES string of the molecule is CC(=O)/C(=C\N(C(C)=O)c1ccc2c(c1)CCC(=O)N2C)C(=O)O.CC1CCc2c1cccc2C(F)(F)F. The van der Waals surface area contributed by atoms with Gasteiger partial charge in [-0.1, -0.05) is 19.1 Å². The van der Waals surface area contributed by atoms with Gasteiger partial charge in [0.15, 0.2) is 5.78 Å². The first-order chi connectivity index (χ1) is 17.7. The van der Waals surface area contributed by atoms with Crippen LogP contribution in [0.15, 0.2) is 48.2 Å². The number of Topliss-reactive ketones (excluding diaryl/α,β-unsaturated/α-hetero) is 1. The first kappa shape index (κ1) is 28.6. The molecule has 2 aromatic carbocycles. The summed E-state index contributed by atoms with van der Waals surface area (Å²) in [6, 6.07) is 9.55. The largest absolute Gasteiger partial charge is 0.478 e. The minimum atomic E-state index is -4.20. The summed E-state index contributed by atoms with van der Waals surface area (Å²) in [4.78, 5) is 49.0. The van der Waals surface area contributed by atoms with Crippen LogP contribution in [-0.4, -0.2) is 35.7 Å². The Balaban J connectivity index is 0.000000241. The zero-order chi connectivity index (χ0) is 28.4. The zero-order valence-electron chi connectivity index (χ0n) is 21.6. The van der Waals surface area contributed by atoms with Crippen LogP contribution in [0.1, 0.15) is 61.8 Å². The number of hydrogen-bond donors (Lipinski definition) is 1. The van der Waals surface area contributed by atoms with E-state index < -0.39 is 35.0 Å². The number of carbonyl (C=O) groups is 4. The van der Waals surface area contributed by atoms with Gasteiger partial charge < -0.3 is 10.0 Å². The number of benzene rings is 2. The number of nitrogens with zero attached hydrogens (tertiary/aromatic N) is 2. The van der Waals surface area contributed by atoms with Crippen molar-refractivity contribution in [3.8, 4) is 0 Å². The second-order valence-corrected chi connectivity index (χ2v) is 9.37. The van der Waals surface area contributed by atoms with E-state index in [2.05, 4.69) is 0 Å². The van der Waals surface area contributed by atoms with E-state index in [1.165, 1.54) is 19.1 Å². The molecule has 4 rings (SSSR count). The van der Waals surface area contributed by atoms with Gasteiger partial charge in [0.25, 0.3) is 0 Å². The summed E-state index contributed by atoms with van der Waals surface area (Å²) in [5.41, 5.74) is 2.55. The lowest BCUT2D eigenvalue weighted by molar-refractivity contribution is -0.138. The smallest absolute Gasteiger partial charge is 0.416 e. The van der Waals surface area contributed by atoms with Crippen molar-refractivity contribution in [3.05, 3.63) is 70.4 Å². The van der Waals surface area contributed by atoms with Crippen molar-refractivity contribution >= 4 is 34.9 Å². The standard InChI is InChI=1S/C17H18N2O5.C11H11F3/c1-10(20)14(17(23)24)9-19(11(2)21)13-5-6-15-12(8-13)4-7-16(22)18(15)3;1-7-5-6-9-8(7)3-2-4-10(9)11(12,13)14/h5-6,8-9H,4,7H2,1-3H3,(H,23,24);2-4,7H,5-6H2,1H3/b14-9+;. The summed E-state index contributed by atoms with van der Waals surface area (Å²) in [6.07, 6.45) is -0.854. The Labute approximate surface area is 218 Å². The third kappa shape index (κ3) is 6.12. The molecule has 1 atom stereocenters. The number of fused-ring (bicyclic) bond motifs is 2. The fraction of sp³-hybridized carbons (Fsp3) is 0.357. The van der Waals surface area contributed by atoms with Gasteiger partial charge in [-0.25, -0.2) is 4.79 Å². The van der Waals surface area contributed by atoms with Crippen LogP contribution in [0.4, 0.5) is 24.5 Å². The molecule has 1 aliphatic carbocycles. The van der Waals surface area contributed by atoms with Gasteiger partial charge in [-0.2, -0.15) is 13.2 Å².